The van der Waals surface area contributed by atoms with E-state index in [-0.39, 0.29) is 10.8 Å². The van der Waals surface area contributed by atoms with Crippen molar-refractivity contribution in [3.8, 4) is 0 Å². The van der Waals surface area contributed by atoms with Crippen LogP contribution in [0.15, 0.2) is 36.4 Å². The summed E-state index contributed by atoms with van der Waals surface area (Å²) in [5.41, 5.74) is 6.02. The number of carbonyl (C=O) groups is 2. The van der Waals surface area contributed by atoms with Crippen LogP contribution in [0.3, 0.4) is 0 Å². The second-order valence-electron chi connectivity index (χ2n) is 10.9. The van der Waals surface area contributed by atoms with Crippen LogP contribution in [0.2, 0.25) is 0 Å². The molecule has 0 aliphatic heterocycles. The topological polar surface area (TPSA) is 74.6 Å². The van der Waals surface area contributed by atoms with Gasteiger partial charge in [0.25, 0.3) is 0 Å². The highest BCUT2D eigenvalue weighted by Gasteiger charge is 2.56. The number of hydrogen-bond donors (Lipinski definition) is 2. The summed E-state index contributed by atoms with van der Waals surface area (Å²) in [6.07, 6.45) is 0. The average molecular weight is 407 g/mol. The Morgan fingerprint density at radius 3 is 1.23 bits per heavy atom. The van der Waals surface area contributed by atoms with Crippen molar-refractivity contribution in [3.63, 3.8) is 0 Å². The zero-order valence-electron chi connectivity index (χ0n) is 18.5. The summed E-state index contributed by atoms with van der Waals surface area (Å²) >= 11 is 0. The molecule has 0 heterocycles. The van der Waals surface area contributed by atoms with Crippen LogP contribution in [-0.2, 0) is 20.4 Å². The Hall–Kier alpha value is -2.62. The van der Waals surface area contributed by atoms with Crippen LogP contribution in [0.4, 0.5) is 0 Å². The largest absolute Gasteiger partial charge is 0.481 e. The number of carboxylic acid groups (broad SMARTS) is 2. The summed E-state index contributed by atoms with van der Waals surface area (Å²) in [4.78, 5) is 24.6. The number of carboxylic acids is 2. The summed E-state index contributed by atoms with van der Waals surface area (Å²) in [5, 5.41) is 20.2. The molecule has 2 aromatic carbocycles. The van der Waals surface area contributed by atoms with Crippen molar-refractivity contribution in [1.82, 2.24) is 0 Å². The van der Waals surface area contributed by atoms with Crippen LogP contribution in [0, 0.1) is 11.8 Å². The number of rotatable bonds is 2. The maximum absolute atomic E-state index is 12.3. The lowest BCUT2D eigenvalue weighted by molar-refractivity contribution is -0.156. The van der Waals surface area contributed by atoms with E-state index in [9.17, 15) is 19.8 Å². The molecule has 0 spiro atoms. The number of hydrogen-bond acceptors (Lipinski definition) is 2. The molecule has 0 aromatic heterocycles. The standard InChI is InChI=1S/C26H30O4/c1-25(2,3)13-7-9-15-17(11-13)19-16-10-8-14(26(4,5)6)12-18(16)20(15)22(24(29)30)21(19)23(27)28/h7-12,19-22H,1-6H3,(H,27,28)(H,29,30). The van der Waals surface area contributed by atoms with Crippen LogP contribution >= 0.6 is 0 Å². The maximum Gasteiger partial charge on any atom is 0.308 e. The first-order valence-corrected chi connectivity index (χ1v) is 10.6. The fourth-order valence-corrected chi connectivity index (χ4v) is 5.30. The first-order chi connectivity index (χ1) is 13.8. The van der Waals surface area contributed by atoms with Gasteiger partial charge in [-0.1, -0.05) is 77.9 Å². The quantitative estimate of drug-likeness (QED) is 0.712. The Labute approximate surface area is 177 Å². The predicted octanol–water partition coefficient (Wildman–Crippen LogP) is 5.27. The van der Waals surface area contributed by atoms with Gasteiger partial charge in [0.15, 0.2) is 0 Å². The Balaban J connectivity index is 2.03. The summed E-state index contributed by atoms with van der Waals surface area (Å²) in [6, 6.07) is 12.4. The third kappa shape index (κ3) is 2.96. The van der Waals surface area contributed by atoms with Crippen LogP contribution < -0.4 is 0 Å². The average Bonchev–Trinajstić information content (AvgIpc) is 2.64. The van der Waals surface area contributed by atoms with E-state index in [1.807, 2.05) is 12.1 Å². The number of benzene rings is 2. The van der Waals surface area contributed by atoms with Gasteiger partial charge in [-0.25, -0.2) is 0 Å². The van der Waals surface area contributed by atoms with Gasteiger partial charge in [0.05, 0.1) is 11.8 Å². The summed E-state index contributed by atoms with van der Waals surface area (Å²) in [5.74, 6) is -4.90. The van der Waals surface area contributed by atoms with Gasteiger partial charge in [0.1, 0.15) is 0 Å². The van der Waals surface area contributed by atoms with Crippen LogP contribution in [0.1, 0.15) is 86.8 Å². The molecule has 4 unspecified atom stereocenters. The molecule has 4 heteroatoms. The summed E-state index contributed by atoms with van der Waals surface area (Å²) < 4.78 is 0. The SMILES string of the molecule is CC(C)(C)c1ccc2c(c1)C1c3ccc(C(C)(C)C)cc3C2C(C(=O)O)C1C(=O)O. The molecule has 4 nitrogen and oxygen atoms in total. The predicted molar refractivity (Wildman–Crippen MR) is 116 cm³/mol. The van der Waals surface area contributed by atoms with Gasteiger partial charge in [0, 0.05) is 11.8 Å². The minimum absolute atomic E-state index is 0.0738. The minimum Gasteiger partial charge on any atom is -0.481 e. The van der Waals surface area contributed by atoms with Crippen molar-refractivity contribution in [2.24, 2.45) is 11.8 Å². The smallest absolute Gasteiger partial charge is 0.308 e. The van der Waals surface area contributed by atoms with Gasteiger partial charge in [-0.2, -0.15) is 0 Å². The van der Waals surface area contributed by atoms with Crippen LogP contribution in [0.25, 0.3) is 0 Å². The van der Waals surface area contributed by atoms with E-state index in [2.05, 4.69) is 65.8 Å². The molecule has 2 N–H and O–H groups in total. The first kappa shape index (κ1) is 20.6. The van der Waals surface area contributed by atoms with Gasteiger partial charge >= 0.3 is 11.9 Å². The normalized spacial score (nSPS) is 24.9. The molecule has 0 radical (unpaired) electrons. The highest BCUT2D eigenvalue weighted by molar-refractivity contribution is 5.86. The zero-order chi connectivity index (χ0) is 22.2. The fourth-order valence-electron chi connectivity index (χ4n) is 5.30. The van der Waals surface area contributed by atoms with E-state index < -0.39 is 35.6 Å². The Morgan fingerprint density at radius 2 is 0.967 bits per heavy atom. The molecule has 0 amide bonds. The van der Waals surface area contributed by atoms with Gasteiger partial charge in [-0.05, 0) is 44.2 Å². The minimum atomic E-state index is -1.03. The van der Waals surface area contributed by atoms with E-state index in [0.29, 0.717) is 0 Å². The molecule has 0 fully saturated rings. The Morgan fingerprint density at radius 1 is 0.633 bits per heavy atom. The van der Waals surface area contributed by atoms with Gasteiger partial charge in [-0.3, -0.25) is 9.59 Å². The van der Waals surface area contributed by atoms with Gasteiger partial charge in [0.2, 0.25) is 0 Å². The summed E-state index contributed by atoms with van der Waals surface area (Å²) in [6.45, 7) is 12.8. The van der Waals surface area contributed by atoms with Crippen molar-refractivity contribution in [2.75, 3.05) is 0 Å². The zero-order valence-corrected chi connectivity index (χ0v) is 18.5. The first-order valence-electron chi connectivity index (χ1n) is 10.6. The monoisotopic (exact) mass is 406 g/mol. The molecular formula is C26H30O4. The Bertz CT molecular complexity index is 966. The van der Waals surface area contributed by atoms with Crippen molar-refractivity contribution in [2.45, 2.75) is 64.2 Å². The molecule has 4 atom stereocenters. The molecule has 2 aromatic rings. The van der Waals surface area contributed by atoms with Gasteiger partial charge < -0.3 is 10.2 Å². The van der Waals surface area contributed by atoms with E-state index in [1.165, 1.54) is 0 Å². The lowest BCUT2D eigenvalue weighted by Crippen LogP contribution is -2.47. The Kier molecular flexibility index (Phi) is 4.43. The van der Waals surface area contributed by atoms with E-state index in [0.717, 1.165) is 33.4 Å². The maximum atomic E-state index is 12.3. The molecule has 3 aliphatic rings. The highest BCUT2D eigenvalue weighted by Crippen LogP contribution is 2.59. The summed E-state index contributed by atoms with van der Waals surface area (Å²) in [7, 11) is 0. The molecular weight excluding hydrogens is 376 g/mol. The third-order valence-electron chi connectivity index (χ3n) is 6.92. The van der Waals surface area contributed by atoms with E-state index >= 15 is 0 Å². The second-order valence-corrected chi connectivity index (χ2v) is 10.9. The third-order valence-corrected chi connectivity index (χ3v) is 6.92. The molecule has 2 bridgehead atoms. The van der Waals surface area contributed by atoms with Crippen LogP contribution in [0.5, 0.6) is 0 Å². The molecule has 30 heavy (non-hydrogen) atoms. The van der Waals surface area contributed by atoms with Crippen molar-refractivity contribution in [1.29, 1.82) is 0 Å². The van der Waals surface area contributed by atoms with E-state index in [4.69, 9.17) is 0 Å². The number of aliphatic carboxylic acids is 2. The molecule has 0 saturated heterocycles. The van der Waals surface area contributed by atoms with Crippen molar-refractivity contribution < 1.29 is 19.8 Å². The lowest BCUT2D eigenvalue weighted by atomic mass is 9.53. The highest BCUT2D eigenvalue weighted by atomic mass is 16.4. The molecule has 5 rings (SSSR count). The fraction of sp³-hybridized carbons (Fsp3) is 0.462. The van der Waals surface area contributed by atoms with E-state index in [1.54, 1.807) is 0 Å². The van der Waals surface area contributed by atoms with Crippen LogP contribution in [-0.4, -0.2) is 22.2 Å². The van der Waals surface area contributed by atoms with Gasteiger partial charge in [-0.15, -0.1) is 0 Å². The molecule has 0 saturated carbocycles. The lowest BCUT2D eigenvalue weighted by Gasteiger charge is -2.48. The van der Waals surface area contributed by atoms with Crippen molar-refractivity contribution >= 4 is 11.9 Å². The molecule has 3 aliphatic carbocycles. The number of fused-ring (bicyclic) bond motifs is 1. The molecule has 158 valence electrons. The second kappa shape index (κ2) is 6.44. The van der Waals surface area contributed by atoms with Crippen molar-refractivity contribution in [3.05, 3.63) is 69.8 Å².